The Bertz CT molecular complexity index is 1710. The largest absolute Gasteiger partial charge is 0.504 e. The zero-order valence-electron chi connectivity index (χ0n) is 18.5. The van der Waals surface area contributed by atoms with E-state index in [1.165, 1.54) is 0 Å². The van der Waals surface area contributed by atoms with E-state index in [1.54, 1.807) is 13.4 Å². The fourth-order valence-corrected chi connectivity index (χ4v) is 4.83. The normalized spacial score (nSPS) is 11.7. The van der Waals surface area contributed by atoms with Crippen molar-refractivity contribution in [1.29, 1.82) is 0 Å². The Hall–Kier alpha value is -4.08. The number of hydrogen-bond acceptors (Lipinski definition) is 3. The van der Waals surface area contributed by atoms with E-state index in [0.717, 1.165) is 54.9 Å². The van der Waals surface area contributed by atoms with Gasteiger partial charge in [-0.1, -0.05) is 84.4 Å². The molecule has 0 radical (unpaired) electrons. The average molecular weight is 462 g/mol. The lowest BCUT2D eigenvalue weighted by atomic mass is 9.92. The van der Waals surface area contributed by atoms with E-state index in [1.807, 2.05) is 54.6 Å². The number of fused-ring (bicyclic) bond motifs is 3. The van der Waals surface area contributed by atoms with Crippen LogP contribution in [-0.2, 0) is 4.74 Å². The lowest BCUT2D eigenvalue weighted by Crippen LogP contribution is -1.88. The molecule has 0 N–H and O–H groups in total. The molecule has 6 rings (SSSR count). The molecule has 0 aliphatic carbocycles. The summed E-state index contributed by atoms with van der Waals surface area (Å²) in [4.78, 5) is 4.87. The Morgan fingerprint density at radius 3 is 2.44 bits per heavy atom. The molecule has 0 spiro atoms. The third-order valence-electron chi connectivity index (χ3n) is 6.13. The lowest BCUT2D eigenvalue weighted by molar-refractivity contribution is 0.341. The van der Waals surface area contributed by atoms with E-state index >= 15 is 0 Å². The van der Waals surface area contributed by atoms with Crippen LogP contribution in [0.1, 0.15) is 5.56 Å². The topological polar surface area (TPSA) is 35.3 Å². The van der Waals surface area contributed by atoms with E-state index in [2.05, 4.69) is 42.5 Å². The van der Waals surface area contributed by atoms with Crippen molar-refractivity contribution in [3.05, 3.63) is 108 Å². The van der Waals surface area contributed by atoms with Crippen molar-refractivity contribution in [2.24, 2.45) is 0 Å². The molecule has 164 valence electrons. The van der Waals surface area contributed by atoms with Crippen molar-refractivity contribution in [3.8, 4) is 22.6 Å². The van der Waals surface area contributed by atoms with Gasteiger partial charge in [-0.2, -0.15) is 0 Å². The molecule has 1 heterocycles. The van der Waals surface area contributed by atoms with E-state index in [4.69, 9.17) is 25.7 Å². The van der Waals surface area contributed by atoms with Gasteiger partial charge < -0.3 is 9.15 Å². The molecule has 5 aromatic carbocycles. The Morgan fingerprint density at radius 1 is 0.765 bits per heavy atom. The predicted molar refractivity (Wildman–Crippen MR) is 141 cm³/mol. The maximum absolute atomic E-state index is 6.55. The van der Waals surface area contributed by atoms with Crippen LogP contribution in [0, 0.1) is 0 Å². The number of aromatic nitrogens is 1. The predicted octanol–water partition coefficient (Wildman–Crippen LogP) is 8.74. The summed E-state index contributed by atoms with van der Waals surface area (Å²) in [5, 5.41) is 5.00. The summed E-state index contributed by atoms with van der Waals surface area (Å²) < 4.78 is 11.7. The van der Waals surface area contributed by atoms with Gasteiger partial charge in [-0.3, -0.25) is 0 Å². The molecule has 0 amide bonds. The van der Waals surface area contributed by atoms with Crippen LogP contribution in [-0.4, -0.2) is 12.1 Å². The van der Waals surface area contributed by atoms with Crippen LogP contribution in [0.25, 0.3) is 61.3 Å². The second-order valence-electron chi connectivity index (χ2n) is 8.10. The fourth-order valence-electron chi connectivity index (χ4n) is 4.59. The summed E-state index contributed by atoms with van der Waals surface area (Å²) in [7, 11) is 1.64. The lowest BCUT2D eigenvalue weighted by Gasteiger charge is -2.12. The summed E-state index contributed by atoms with van der Waals surface area (Å²) in [5.74, 6) is 0.603. The number of ether oxygens (including phenoxy) is 1. The van der Waals surface area contributed by atoms with Gasteiger partial charge in [0.2, 0.25) is 5.89 Å². The highest BCUT2D eigenvalue weighted by Gasteiger charge is 2.18. The van der Waals surface area contributed by atoms with Crippen LogP contribution < -0.4 is 0 Å². The number of methoxy groups -OCH3 is 1. The fraction of sp³-hybridized carbons (Fsp3) is 0.0333. The van der Waals surface area contributed by atoms with Gasteiger partial charge in [0.25, 0.3) is 0 Å². The van der Waals surface area contributed by atoms with E-state index < -0.39 is 0 Å². The third-order valence-corrected chi connectivity index (χ3v) is 6.46. The van der Waals surface area contributed by atoms with Crippen LogP contribution in [0.4, 0.5) is 0 Å². The standard InChI is InChI=1S/C30H20ClNO2/c1-33-18-17-20-15-16-22-23(10-5-13-26(22)31)28(20)25-12-6-14-27-29(25)34-30(32-27)24-11-4-8-19-7-2-3-9-21(19)24/h2-18H,1H3/b18-17+. The molecule has 0 aliphatic heterocycles. The first-order valence-corrected chi connectivity index (χ1v) is 11.4. The SMILES string of the molecule is CO/C=C/c1ccc2c(Cl)cccc2c1-c1cccc2nc(-c3cccc4ccccc34)oc12. The van der Waals surface area contributed by atoms with E-state index in [9.17, 15) is 0 Å². The highest BCUT2D eigenvalue weighted by Crippen LogP contribution is 2.40. The minimum atomic E-state index is 0.603. The van der Waals surface area contributed by atoms with Crippen LogP contribution >= 0.6 is 11.6 Å². The summed E-state index contributed by atoms with van der Waals surface area (Å²) in [6.07, 6.45) is 3.63. The molecule has 0 aliphatic rings. The third kappa shape index (κ3) is 3.33. The number of halogens is 1. The van der Waals surface area contributed by atoms with Crippen LogP contribution in [0.2, 0.25) is 5.02 Å². The summed E-state index contributed by atoms with van der Waals surface area (Å²) >= 11 is 6.55. The van der Waals surface area contributed by atoms with Crippen LogP contribution in [0.5, 0.6) is 0 Å². The van der Waals surface area contributed by atoms with Gasteiger partial charge in [0, 0.05) is 27.1 Å². The minimum absolute atomic E-state index is 0.603. The molecule has 0 unspecified atom stereocenters. The Labute approximate surface area is 201 Å². The highest BCUT2D eigenvalue weighted by molar-refractivity contribution is 6.36. The molecule has 0 saturated carbocycles. The molecule has 0 saturated heterocycles. The molecule has 34 heavy (non-hydrogen) atoms. The number of benzene rings is 5. The number of hydrogen-bond donors (Lipinski definition) is 0. The van der Waals surface area contributed by atoms with Crippen molar-refractivity contribution < 1.29 is 9.15 Å². The molecular formula is C30H20ClNO2. The smallest absolute Gasteiger partial charge is 0.227 e. The minimum Gasteiger partial charge on any atom is -0.504 e. The summed E-state index contributed by atoms with van der Waals surface area (Å²) in [5.41, 5.74) is 5.51. The van der Waals surface area contributed by atoms with E-state index in [-0.39, 0.29) is 0 Å². The Balaban J connectivity index is 1.65. The number of rotatable bonds is 4. The second kappa shape index (κ2) is 8.36. The Morgan fingerprint density at radius 2 is 1.53 bits per heavy atom. The Kier molecular flexibility index (Phi) is 5.05. The van der Waals surface area contributed by atoms with Gasteiger partial charge in [0.15, 0.2) is 5.58 Å². The monoisotopic (exact) mass is 461 g/mol. The molecule has 0 fully saturated rings. The number of nitrogens with zero attached hydrogens (tertiary/aromatic N) is 1. The summed E-state index contributed by atoms with van der Waals surface area (Å²) in [6.45, 7) is 0. The van der Waals surface area contributed by atoms with Crippen LogP contribution in [0.15, 0.2) is 102 Å². The molecular weight excluding hydrogens is 442 g/mol. The number of oxazole rings is 1. The van der Waals surface area contributed by atoms with Crippen molar-refractivity contribution >= 4 is 50.3 Å². The van der Waals surface area contributed by atoms with Crippen molar-refractivity contribution in [1.82, 2.24) is 4.98 Å². The molecule has 0 atom stereocenters. The van der Waals surface area contributed by atoms with Gasteiger partial charge in [-0.05, 0) is 46.0 Å². The zero-order chi connectivity index (χ0) is 23.1. The van der Waals surface area contributed by atoms with Crippen molar-refractivity contribution in [2.75, 3.05) is 7.11 Å². The molecule has 0 bridgehead atoms. The average Bonchev–Trinajstić information content (AvgIpc) is 3.31. The maximum Gasteiger partial charge on any atom is 0.227 e. The molecule has 1 aromatic heterocycles. The van der Waals surface area contributed by atoms with Gasteiger partial charge >= 0.3 is 0 Å². The molecule has 6 aromatic rings. The van der Waals surface area contributed by atoms with Crippen molar-refractivity contribution in [3.63, 3.8) is 0 Å². The van der Waals surface area contributed by atoms with Gasteiger partial charge in [0.05, 0.1) is 13.4 Å². The second-order valence-corrected chi connectivity index (χ2v) is 8.51. The molecule has 3 nitrogen and oxygen atoms in total. The number of para-hydroxylation sites is 1. The summed E-state index contributed by atoms with van der Waals surface area (Å²) in [6, 6.07) is 30.6. The zero-order valence-corrected chi connectivity index (χ0v) is 19.2. The first-order chi connectivity index (χ1) is 16.7. The first-order valence-electron chi connectivity index (χ1n) is 11.0. The quantitative estimate of drug-likeness (QED) is 0.246. The highest BCUT2D eigenvalue weighted by atomic mass is 35.5. The maximum atomic E-state index is 6.55. The van der Waals surface area contributed by atoms with Gasteiger partial charge in [0.1, 0.15) is 5.52 Å². The molecule has 4 heteroatoms. The van der Waals surface area contributed by atoms with Crippen LogP contribution in [0.3, 0.4) is 0 Å². The van der Waals surface area contributed by atoms with Gasteiger partial charge in [-0.25, -0.2) is 4.98 Å². The van der Waals surface area contributed by atoms with Crippen molar-refractivity contribution in [2.45, 2.75) is 0 Å². The van der Waals surface area contributed by atoms with E-state index in [0.29, 0.717) is 10.9 Å². The first kappa shape index (κ1) is 20.5. The van der Waals surface area contributed by atoms with Gasteiger partial charge in [-0.15, -0.1) is 0 Å².